The molecule has 1 aromatic carbocycles. The minimum absolute atomic E-state index is 0.195. The lowest BCUT2D eigenvalue weighted by Gasteiger charge is -2.32. The predicted molar refractivity (Wildman–Crippen MR) is 97.7 cm³/mol. The molecule has 1 heterocycles. The zero-order chi connectivity index (χ0) is 18.7. The van der Waals surface area contributed by atoms with Crippen molar-refractivity contribution >= 4 is 13.1 Å². The van der Waals surface area contributed by atoms with Gasteiger partial charge in [0.1, 0.15) is 5.75 Å². The zero-order valence-electron chi connectivity index (χ0n) is 16.1. The number of carbonyl (C=O) groups excluding carboxylic acids is 1. The van der Waals surface area contributed by atoms with Crippen LogP contribution in [0.15, 0.2) is 24.3 Å². The molecule has 1 fully saturated rings. The molecular formula is C19H29BO5. The van der Waals surface area contributed by atoms with Gasteiger partial charge in [0.15, 0.2) is 0 Å². The molecule has 2 rings (SSSR count). The molecule has 0 saturated carbocycles. The van der Waals surface area contributed by atoms with Crippen LogP contribution in [0.1, 0.15) is 59.3 Å². The van der Waals surface area contributed by atoms with Gasteiger partial charge in [-0.05, 0) is 59.2 Å². The predicted octanol–water partition coefficient (Wildman–Crippen LogP) is 3.75. The lowest BCUT2D eigenvalue weighted by Crippen LogP contribution is -2.41. The number of esters is 1. The van der Waals surface area contributed by atoms with Crippen molar-refractivity contribution in [2.24, 2.45) is 0 Å². The topological polar surface area (TPSA) is 54.0 Å². The average Bonchev–Trinajstić information content (AvgIpc) is 2.74. The summed E-state index contributed by atoms with van der Waals surface area (Å²) in [5.41, 5.74) is 0.0296. The summed E-state index contributed by atoms with van der Waals surface area (Å²) in [5, 5.41) is 0. The Labute approximate surface area is 151 Å². The van der Waals surface area contributed by atoms with Crippen molar-refractivity contribution in [2.75, 3.05) is 13.2 Å². The Morgan fingerprint density at radius 3 is 2.32 bits per heavy atom. The number of benzene rings is 1. The Kier molecular flexibility index (Phi) is 6.17. The molecule has 5 nitrogen and oxygen atoms in total. The van der Waals surface area contributed by atoms with Crippen LogP contribution in [0.25, 0.3) is 0 Å². The van der Waals surface area contributed by atoms with Crippen LogP contribution in [0.3, 0.4) is 0 Å². The second kappa shape index (κ2) is 7.79. The van der Waals surface area contributed by atoms with Gasteiger partial charge >= 0.3 is 13.1 Å². The van der Waals surface area contributed by atoms with Crippen molar-refractivity contribution in [1.29, 1.82) is 0 Å². The molecule has 138 valence electrons. The Balaban J connectivity index is 2.31. The number of rotatable bonds is 7. The first-order valence-electron chi connectivity index (χ1n) is 8.94. The van der Waals surface area contributed by atoms with E-state index in [4.69, 9.17) is 18.8 Å². The fraction of sp³-hybridized carbons (Fsp3) is 0.632. The van der Waals surface area contributed by atoms with Gasteiger partial charge < -0.3 is 18.8 Å². The monoisotopic (exact) mass is 348 g/mol. The maximum Gasteiger partial charge on any atom is 0.466 e. The van der Waals surface area contributed by atoms with Crippen LogP contribution in [0.5, 0.6) is 5.75 Å². The van der Waals surface area contributed by atoms with Gasteiger partial charge in [0, 0.05) is 5.82 Å². The van der Waals surface area contributed by atoms with E-state index in [0.29, 0.717) is 13.2 Å². The molecule has 25 heavy (non-hydrogen) atoms. The summed E-state index contributed by atoms with van der Waals surface area (Å²) >= 11 is 0. The fourth-order valence-corrected chi connectivity index (χ4v) is 2.83. The third kappa shape index (κ3) is 4.56. The average molecular weight is 348 g/mol. The Morgan fingerprint density at radius 2 is 1.76 bits per heavy atom. The second-order valence-electron chi connectivity index (χ2n) is 7.25. The molecule has 0 aromatic heterocycles. The summed E-state index contributed by atoms with van der Waals surface area (Å²) in [6.45, 7) is 12.7. The maximum absolute atomic E-state index is 12.2. The lowest BCUT2D eigenvalue weighted by molar-refractivity contribution is -0.143. The van der Waals surface area contributed by atoms with E-state index in [0.717, 1.165) is 11.3 Å². The van der Waals surface area contributed by atoms with Crippen LogP contribution in [0, 0.1) is 0 Å². The minimum atomic E-state index is -0.522. The summed E-state index contributed by atoms with van der Waals surface area (Å²) in [5.74, 6) is 0.245. The first-order valence-corrected chi connectivity index (χ1v) is 8.94. The van der Waals surface area contributed by atoms with Crippen LogP contribution in [-0.2, 0) is 18.8 Å². The van der Waals surface area contributed by atoms with Gasteiger partial charge in [-0.15, -0.1) is 0 Å². The number of hydrogen-bond acceptors (Lipinski definition) is 5. The number of hydrogen-bond donors (Lipinski definition) is 0. The highest BCUT2D eigenvalue weighted by Gasteiger charge is 2.54. The Morgan fingerprint density at radius 1 is 1.12 bits per heavy atom. The summed E-state index contributed by atoms with van der Waals surface area (Å²) in [7, 11) is -0.522. The Bertz CT molecular complexity index is 583. The van der Waals surface area contributed by atoms with E-state index in [1.165, 1.54) is 0 Å². The van der Waals surface area contributed by atoms with E-state index in [1.54, 1.807) is 6.92 Å². The van der Waals surface area contributed by atoms with E-state index in [2.05, 4.69) is 0 Å². The van der Waals surface area contributed by atoms with Crippen molar-refractivity contribution in [2.45, 2.75) is 65.0 Å². The largest absolute Gasteiger partial charge is 0.494 e. The highest BCUT2D eigenvalue weighted by Crippen LogP contribution is 2.42. The molecule has 1 atom stereocenters. The van der Waals surface area contributed by atoms with Crippen LogP contribution < -0.4 is 4.74 Å². The second-order valence-corrected chi connectivity index (χ2v) is 7.25. The molecule has 1 saturated heterocycles. The maximum atomic E-state index is 12.2. The normalized spacial score (nSPS) is 19.5. The summed E-state index contributed by atoms with van der Waals surface area (Å²) < 4.78 is 23.1. The molecule has 0 bridgehead atoms. The smallest absolute Gasteiger partial charge is 0.466 e. The van der Waals surface area contributed by atoms with E-state index in [9.17, 15) is 4.79 Å². The molecular weight excluding hydrogens is 319 g/mol. The fourth-order valence-electron chi connectivity index (χ4n) is 2.83. The first-order chi connectivity index (χ1) is 11.7. The van der Waals surface area contributed by atoms with Gasteiger partial charge in [-0.2, -0.15) is 0 Å². The van der Waals surface area contributed by atoms with Crippen LogP contribution >= 0.6 is 0 Å². The molecule has 0 spiro atoms. The van der Waals surface area contributed by atoms with E-state index < -0.39 is 18.3 Å². The van der Waals surface area contributed by atoms with Crippen molar-refractivity contribution < 1.29 is 23.6 Å². The number of carbonyl (C=O) groups is 1. The van der Waals surface area contributed by atoms with Crippen molar-refractivity contribution in [3.63, 3.8) is 0 Å². The number of ether oxygens (including phenoxy) is 2. The third-order valence-electron chi connectivity index (χ3n) is 4.89. The van der Waals surface area contributed by atoms with Crippen molar-refractivity contribution in [3.8, 4) is 5.75 Å². The van der Waals surface area contributed by atoms with Gasteiger partial charge in [0.25, 0.3) is 0 Å². The molecule has 0 N–H and O–H groups in total. The SMILES string of the molecule is CCOC(=O)CC(B1OC(C)(C)C(C)(C)O1)c1cccc(OCC)c1. The Hall–Kier alpha value is -1.53. The molecule has 1 aromatic rings. The first kappa shape index (κ1) is 19.8. The molecule has 0 aliphatic carbocycles. The molecule has 0 radical (unpaired) electrons. The summed E-state index contributed by atoms with van der Waals surface area (Å²) in [6.07, 6.45) is 0.195. The van der Waals surface area contributed by atoms with Gasteiger partial charge in [0.2, 0.25) is 0 Å². The van der Waals surface area contributed by atoms with Gasteiger partial charge in [-0.25, -0.2) is 0 Å². The lowest BCUT2D eigenvalue weighted by atomic mass is 9.66. The van der Waals surface area contributed by atoms with Crippen LogP contribution in [0.2, 0.25) is 0 Å². The minimum Gasteiger partial charge on any atom is -0.494 e. The molecule has 1 aliphatic heterocycles. The zero-order valence-corrected chi connectivity index (χ0v) is 16.1. The van der Waals surface area contributed by atoms with E-state index >= 15 is 0 Å². The summed E-state index contributed by atoms with van der Waals surface area (Å²) in [6, 6.07) is 7.73. The van der Waals surface area contributed by atoms with Crippen molar-refractivity contribution in [3.05, 3.63) is 29.8 Å². The standard InChI is InChI=1S/C19H29BO5/c1-7-22-15-11-9-10-14(12-15)16(13-17(21)23-8-2)20-24-18(3,4)19(5,6)25-20/h9-12,16H,7-8,13H2,1-6H3. The van der Waals surface area contributed by atoms with Gasteiger partial charge in [-0.3, -0.25) is 4.79 Å². The van der Waals surface area contributed by atoms with Crippen molar-refractivity contribution in [1.82, 2.24) is 0 Å². The molecule has 1 unspecified atom stereocenters. The van der Waals surface area contributed by atoms with E-state index in [1.807, 2.05) is 58.9 Å². The summed E-state index contributed by atoms with van der Waals surface area (Å²) in [4.78, 5) is 12.2. The highest BCUT2D eigenvalue weighted by molar-refractivity contribution is 6.48. The van der Waals surface area contributed by atoms with Crippen LogP contribution in [0.4, 0.5) is 0 Å². The third-order valence-corrected chi connectivity index (χ3v) is 4.89. The molecule has 6 heteroatoms. The molecule has 0 amide bonds. The van der Waals surface area contributed by atoms with Gasteiger partial charge in [-0.1, -0.05) is 12.1 Å². The van der Waals surface area contributed by atoms with Crippen LogP contribution in [-0.4, -0.2) is 37.5 Å². The van der Waals surface area contributed by atoms with E-state index in [-0.39, 0.29) is 18.2 Å². The van der Waals surface area contributed by atoms with Gasteiger partial charge in [0.05, 0.1) is 30.8 Å². The highest BCUT2D eigenvalue weighted by atomic mass is 16.7. The molecule has 1 aliphatic rings. The quantitative estimate of drug-likeness (QED) is 0.555.